The molecule has 0 aliphatic rings. The Bertz CT molecular complexity index is 512. The molecule has 20 heavy (non-hydrogen) atoms. The van der Waals surface area contributed by atoms with Gasteiger partial charge in [0.1, 0.15) is 0 Å². The Morgan fingerprint density at radius 2 is 1.15 bits per heavy atom. The zero-order valence-corrected chi connectivity index (χ0v) is 11.0. The van der Waals surface area contributed by atoms with E-state index in [2.05, 4.69) is 0 Å². The lowest BCUT2D eigenvalue weighted by atomic mass is 9.84. The summed E-state index contributed by atoms with van der Waals surface area (Å²) in [6.45, 7) is 0. The molecular weight excluding hydrogens is 252 g/mol. The Labute approximate surface area is 118 Å². The second-order valence-corrected chi connectivity index (χ2v) is 4.74. The van der Waals surface area contributed by atoms with Crippen LogP contribution in [0.25, 0.3) is 0 Å². The highest BCUT2D eigenvalue weighted by atomic mass is 16.4. The minimum Gasteiger partial charge on any atom is -0.481 e. The highest BCUT2D eigenvalue weighted by Gasteiger charge is 2.33. The standard InChI is InChI=1S/C16H18N2O2/c17-14(11-7-3-1-4-8-11)13(16(19)20)15(18)12-9-5-2-6-10-12/h1-10,13-15H,17-18H2,(H,19,20)/t14-,15-/m1/s1. The SMILES string of the molecule is N[C@H](c1ccccc1)C(C(=O)O)[C@H](N)c1ccccc1. The Morgan fingerprint density at radius 1 is 0.800 bits per heavy atom. The van der Waals surface area contributed by atoms with Gasteiger partial charge in [-0.05, 0) is 11.1 Å². The molecule has 0 unspecified atom stereocenters. The van der Waals surface area contributed by atoms with Gasteiger partial charge in [-0.15, -0.1) is 0 Å². The molecule has 0 amide bonds. The van der Waals surface area contributed by atoms with E-state index in [1.54, 1.807) is 0 Å². The molecule has 5 N–H and O–H groups in total. The maximum Gasteiger partial charge on any atom is 0.310 e. The van der Waals surface area contributed by atoms with Crippen LogP contribution in [0.1, 0.15) is 23.2 Å². The number of aliphatic carboxylic acids is 1. The van der Waals surface area contributed by atoms with Crippen LogP contribution in [-0.4, -0.2) is 11.1 Å². The highest BCUT2D eigenvalue weighted by molar-refractivity contribution is 5.72. The number of carbonyl (C=O) groups is 1. The third-order valence-corrected chi connectivity index (χ3v) is 3.43. The Balaban J connectivity index is 2.30. The van der Waals surface area contributed by atoms with E-state index < -0.39 is 24.0 Å². The van der Waals surface area contributed by atoms with Crippen LogP contribution in [0.4, 0.5) is 0 Å². The molecule has 0 saturated heterocycles. The lowest BCUT2D eigenvalue weighted by Crippen LogP contribution is -2.37. The topological polar surface area (TPSA) is 89.3 Å². The molecule has 2 aromatic rings. The molecule has 0 spiro atoms. The number of carboxylic acid groups (broad SMARTS) is 1. The lowest BCUT2D eigenvalue weighted by Gasteiger charge is -2.26. The van der Waals surface area contributed by atoms with Gasteiger partial charge in [0.25, 0.3) is 0 Å². The molecule has 0 bridgehead atoms. The van der Waals surface area contributed by atoms with Gasteiger partial charge in [-0.1, -0.05) is 60.7 Å². The number of hydrogen-bond donors (Lipinski definition) is 3. The van der Waals surface area contributed by atoms with E-state index in [9.17, 15) is 9.90 Å². The third kappa shape index (κ3) is 3.04. The number of carboxylic acids is 1. The number of benzene rings is 2. The number of nitrogens with two attached hydrogens (primary N) is 2. The summed E-state index contributed by atoms with van der Waals surface area (Å²) in [6, 6.07) is 17.0. The van der Waals surface area contributed by atoms with Crippen molar-refractivity contribution < 1.29 is 9.90 Å². The van der Waals surface area contributed by atoms with E-state index in [0.717, 1.165) is 11.1 Å². The molecule has 0 aliphatic carbocycles. The van der Waals surface area contributed by atoms with Gasteiger partial charge in [0, 0.05) is 12.1 Å². The van der Waals surface area contributed by atoms with Crippen molar-refractivity contribution in [1.29, 1.82) is 0 Å². The molecule has 0 aliphatic heterocycles. The smallest absolute Gasteiger partial charge is 0.310 e. The van der Waals surface area contributed by atoms with Crippen molar-refractivity contribution in [3.05, 3.63) is 71.8 Å². The molecule has 104 valence electrons. The fraction of sp³-hybridized carbons (Fsp3) is 0.188. The zero-order valence-electron chi connectivity index (χ0n) is 11.0. The number of rotatable bonds is 5. The first-order valence-electron chi connectivity index (χ1n) is 6.45. The van der Waals surface area contributed by atoms with Crippen LogP contribution in [0.3, 0.4) is 0 Å². The lowest BCUT2D eigenvalue weighted by molar-refractivity contribution is -0.143. The molecule has 4 heteroatoms. The van der Waals surface area contributed by atoms with E-state index in [1.807, 2.05) is 60.7 Å². The summed E-state index contributed by atoms with van der Waals surface area (Å²) >= 11 is 0. The average molecular weight is 270 g/mol. The maximum atomic E-state index is 11.6. The molecular formula is C16H18N2O2. The summed E-state index contributed by atoms with van der Waals surface area (Å²) in [5.74, 6) is -1.86. The Hall–Kier alpha value is -2.17. The normalized spacial score (nSPS) is 13.9. The van der Waals surface area contributed by atoms with Crippen LogP contribution >= 0.6 is 0 Å². The van der Waals surface area contributed by atoms with Crippen LogP contribution in [0.5, 0.6) is 0 Å². The van der Waals surface area contributed by atoms with Crippen LogP contribution in [0.15, 0.2) is 60.7 Å². The van der Waals surface area contributed by atoms with E-state index >= 15 is 0 Å². The Kier molecular flexibility index (Phi) is 4.50. The molecule has 0 aromatic heterocycles. The average Bonchev–Trinajstić information content (AvgIpc) is 2.48. The van der Waals surface area contributed by atoms with Crippen molar-refractivity contribution in [1.82, 2.24) is 0 Å². The second kappa shape index (κ2) is 6.32. The van der Waals surface area contributed by atoms with Gasteiger partial charge in [0.15, 0.2) is 0 Å². The second-order valence-electron chi connectivity index (χ2n) is 4.74. The summed E-state index contributed by atoms with van der Waals surface area (Å²) in [5, 5.41) is 9.48. The van der Waals surface area contributed by atoms with Crippen molar-refractivity contribution in [2.24, 2.45) is 17.4 Å². The predicted octanol–water partition coefficient (Wildman–Crippen LogP) is 2.09. The Morgan fingerprint density at radius 3 is 1.45 bits per heavy atom. The van der Waals surface area contributed by atoms with Crippen molar-refractivity contribution >= 4 is 5.97 Å². The molecule has 0 radical (unpaired) electrons. The first-order chi connectivity index (χ1) is 9.61. The molecule has 2 rings (SSSR count). The van der Waals surface area contributed by atoms with Crippen LogP contribution in [0, 0.1) is 5.92 Å². The monoisotopic (exact) mass is 270 g/mol. The van der Waals surface area contributed by atoms with Crippen molar-refractivity contribution in [2.75, 3.05) is 0 Å². The highest BCUT2D eigenvalue weighted by Crippen LogP contribution is 2.29. The number of hydrogen-bond acceptors (Lipinski definition) is 3. The van der Waals surface area contributed by atoms with Crippen LogP contribution in [-0.2, 0) is 4.79 Å². The minimum atomic E-state index is -0.988. The van der Waals surface area contributed by atoms with E-state index in [0.29, 0.717) is 0 Å². The molecule has 0 fully saturated rings. The quantitative estimate of drug-likeness (QED) is 0.776. The van der Waals surface area contributed by atoms with E-state index in [4.69, 9.17) is 11.5 Å². The first-order valence-corrected chi connectivity index (χ1v) is 6.45. The largest absolute Gasteiger partial charge is 0.481 e. The maximum absolute atomic E-state index is 11.6. The first kappa shape index (κ1) is 14.2. The van der Waals surface area contributed by atoms with Gasteiger partial charge >= 0.3 is 5.97 Å². The minimum absolute atomic E-state index is 0.649. The summed E-state index contributed by atoms with van der Waals surface area (Å²) in [7, 11) is 0. The van der Waals surface area contributed by atoms with Gasteiger partial charge in [-0.25, -0.2) is 0 Å². The van der Waals surface area contributed by atoms with Gasteiger partial charge in [0.05, 0.1) is 5.92 Å². The van der Waals surface area contributed by atoms with Gasteiger partial charge in [0.2, 0.25) is 0 Å². The van der Waals surface area contributed by atoms with Gasteiger partial charge in [-0.3, -0.25) is 4.79 Å². The van der Waals surface area contributed by atoms with Crippen molar-refractivity contribution in [3.63, 3.8) is 0 Å². The molecule has 2 aromatic carbocycles. The van der Waals surface area contributed by atoms with Crippen molar-refractivity contribution in [2.45, 2.75) is 12.1 Å². The molecule has 0 heterocycles. The molecule has 2 atom stereocenters. The van der Waals surface area contributed by atoms with E-state index in [1.165, 1.54) is 0 Å². The van der Waals surface area contributed by atoms with Crippen molar-refractivity contribution in [3.8, 4) is 0 Å². The van der Waals surface area contributed by atoms with Crippen LogP contribution in [0.2, 0.25) is 0 Å². The van der Waals surface area contributed by atoms with Gasteiger partial charge in [-0.2, -0.15) is 0 Å². The summed E-state index contributed by atoms with van der Waals surface area (Å²) in [5.41, 5.74) is 13.8. The summed E-state index contributed by atoms with van der Waals surface area (Å²) in [4.78, 5) is 11.6. The summed E-state index contributed by atoms with van der Waals surface area (Å²) in [6.07, 6.45) is 0. The molecule has 0 saturated carbocycles. The van der Waals surface area contributed by atoms with Gasteiger partial charge < -0.3 is 16.6 Å². The fourth-order valence-electron chi connectivity index (χ4n) is 2.30. The third-order valence-electron chi connectivity index (χ3n) is 3.43. The molecule has 4 nitrogen and oxygen atoms in total. The predicted molar refractivity (Wildman–Crippen MR) is 77.9 cm³/mol. The zero-order chi connectivity index (χ0) is 14.5. The fourth-order valence-corrected chi connectivity index (χ4v) is 2.30. The van der Waals surface area contributed by atoms with Crippen LogP contribution < -0.4 is 11.5 Å². The van der Waals surface area contributed by atoms with E-state index in [-0.39, 0.29) is 0 Å². The summed E-state index contributed by atoms with van der Waals surface area (Å²) < 4.78 is 0.